The predicted octanol–water partition coefficient (Wildman–Crippen LogP) is 4.61. The molecule has 2 N–H and O–H groups in total. The number of aromatic nitrogens is 2. The predicted molar refractivity (Wildman–Crippen MR) is 139 cm³/mol. The second-order valence-electron chi connectivity index (χ2n) is 8.66. The first-order chi connectivity index (χ1) is 17.4. The summed E-state index contributed by atoms with van der Waals surface area (Å²) in [5.41, 5.74) is 0.518. The molecule has 0 aliphatic carbocycles. The van der Waals surface area contributed by atoms with E-state index >= 15 is 0 Å². The summed E-state index contributed by atoms with van der Waals surface area (Å²) in [6.45, 7) is 7.74. The summed E-state index contributed by atoms with van der Waals surface area (Å²) in [4.78, 5) is 23.1. The normalized spacial score (nSPS) is 11.5. The average molecular weight is 550 g/mol. The van der Waals surface area contributed by atoms with Crippen molar-refractivity contribution in [1.82, 2.24) is 19.8 Å². The van der Waals surface area contributed by atoms with Crippen molar-refractivity contribution in [3.05, 3.63) is 68.9 Å². The van der Waals surface area contributed by atoms with Crippen molar-refractivity contribution < 1.29 is 22.9 Å². The number of nitrogens with zero attached hydrogens (tertiary/aromatic N) is 3. The number of benzene rings is 2. The van der Waals surface area contributed by atoms with E-state index in [0.717, 1.165) is 18.6 Å². The lowest BCUT2D eigenvalue weighted by atomic mass is 10.2. The quantitative estimate of drug-likeness (QED) is 0.262. The molecule has 0 aliphatic heterocycles. The molecule has 0 saturated carbocycles. The highest BCUT2D eigenvalue weighted by Gasteiger charge is 2.28. The minimum atomic E-state index is -4.19. The van der Waals surface area contributed by atoms with Crippen LogP contribution < -0.4 is 14.8 Å². The van der Waals surface area contributed by atoms with Crippen LogP contribution in [0.25, 0.3) is 5.69 Å². The van der Waals surface area contributed by atoms with Crippen LogP contribution in [-0.4, -0.2) is 42.1 Å². The summed E-state index contributed by atoms with van der Waals surface area (Å²) in [7, 11) is -4.19. The molecular formula is C24H28ClN5O6S. The van der Waals surface area contributed by atoms with Gasteiger partial charge in [-0.1, -0.05) is 32.4 Å². The molecule has 2 aromatic carbocycles. The third-order valence-corrected chi connectivity index (χ3v) is 6.90. The first kappa shape index (κ1) is 28.1. The molecule has 0 spiro atoms. The fraction of sp³-hybridized carbons (Fsp3) is 0.333. The van der Waals surface area contributed by atoms with Gasteiger partial charge in [-0.2, -0.15) is 9.78 Å². The Bertz CT molecular complexity index is 1400. The zero-order valence-corrected chi connectivity index (χ0v) is 22.4. The van der Waals surface area contributed by atoms with Crippen molar-refractivity contribution in [2.75, 3.05) is 13.1 Å². The molecule has 1 heterocycles. The first-order valence-electron chi connectivity index (χ1n) is 11.5. The van der Waals surface area contributed by atoms with Crippen molar-refractivity contribution in [1.29, 1.82) is 0 Å². The van der Waals surface area contributed by atoms with Crippen LogP contribution in [-0.2, 0) is 10.0 Å². The summed E-state index contributed by atoms with van der Waals surface area (Å²) < 4.78 is 36.1. The number of carbonyl (C=O) groups is 1. The fourth-order valence-corrected chi connectivity index (χ4v) is 4.74. The van der Waals surface area contributed by atoms with Gasteiger partial charge in [0, 0.05) is 35.8 Å². The smallest absolute Gasteiger partial charge is 0.272 e. The summed E-state index contributed by atoms with van der Waals surface area (Å²) in [5, 5.41) is 19.0. The Labute approximate surface area is 220 Å². The van der Waals surface area contributed by atoms with E-state index in [4.69, 9.17) is 16.3 Å². The van der Waals surface area contributed by atoms with Crippen LogP contribution in [0, 0.1) is 23.0 Å². The molecule has 13 heteroatoms. The van der Waals surface area contributed by atoms with Crippen molar-refractivity contribution in [2.45, 2.75) is 39.0 Å². The minimum Gasteiger partial charge on any atom is -0.437 e. The Kier molecular flexibility index (Phi) is 8.89. The number of hydrogen-bond acceptors (Lipinski definition) is 7. The standard InChI is InChI=1S/C24H28ClN5O6S/c1-5-12-26-23(31)22-16(4)24(29(28-22)18-8-6-17(25)7-9-18)36-20-11-10-19(30(32)33)13-21(20)37(34,35)27-14-15(2)3/h6-11,13,15,27H,5,12,14H2,1-4H3,(H,26,31). The summed E-state index contributed by atoms with van der Waals surface area (Å²) in [5.74, 6) is -0.526. The van der Waals surface area contributed by atoms with Crippen molar-refractivity contribution in [2.24, 2.45) is 5.92 Å². The molecule has 0 atom stereocenters. The molecule has 11 nitrogen and oxygen atoms in total. The minimum absolute atomic E-state index is 0.00406. The van der Waals surface area contributed by atoms with Gasteiger partial charge in [-0.3, -0.25) is 14.9 Å². The molecule has 0 unspecified atom stereocenters. The number of non-ortho nitro benzene ring substituents is 1. The number of ether oxygens (including phenoxy) is 1. The van der Waals surface area contributed by atoms with Crippen LogP contribution in [0.15, 0.2) is 47.4 Å². The van der Waals surface area contributed by atoms with E-state index in [1.807, 2.05) is 20.8 Å². The Balaban J connectivity index is 2.17. The van der Waals surface area contributed by atoms with Gasteiger partial charge < -0.3 is 10.1 Å². The van der Waals surface area contributed by atoms with Crippen molar-refractivity contribution >= 4 is 33.2 Å². The second kappa shape index (κ2) is 11.7. The average Bonchev–Trinajstić information content (AvgIpc) is 3.17. The van der Waals surface area contributed by atoms with Gasteiger partial charge in [0.2, 0.25) is 15.9 Å². The number of nitro benzene ring substituents is 1. The van der Waals surface area contributed by atoms with E-state index in [0.29, 0.717) is 22.8 Å². The SMILES string of the molecule is CCCNC(=O)c1nn(-c2ccc(Cl)cc2)c(Oc2ccc([N+](=O)[O-])cc2S(=O)(=O)NCC(C)C)c1C. The Morgan fingerprint density at radius 1 is 1.22 bits per heavy atom. The van der Waals surface area contributed by atoms with Crippen LogP contribution in [0.3, 0.4) is 0 Å². The van der Waals surface area contributed by atoms with Crippen molar-refractivity contribution in [3.8, 4) is 17.3 Å². The molecule has 0 saturated heterocycles. The molecule has 0 aliphatic rings. The lowest BCUT2D eigenvalue weighted by molar-refractivity contribution is -0.385. The number of sulfonamides is 1. The van der Waals surface area contributed by atoms with Gasteiger partial charge >= 0.3 is 0 Å². The van der Waals surface area contributed by atoms with Gasteiger partial charge in [-0.25, -0.2) is 13.1 Å². The first-order valence-corrected chi connectivity index (χ1v) is 13.4. The highest BCUT2D eigenvalue weighted by molar-refractivity contribution is 7.89. The van der Waals surface area contributed by atoms with Crippen LogP contribution >= 0.6 is 11.6 Å². The van der Waals surface area contributed by atoms with E-state index in [2.05, 4.69) is 15.1 Å². The second-order valence-corrected chi connectivity index (χ2v) is 10.8. The Morgan fingerprint density at radius 3 is 2.49 bits per heavy atom. The van der Waals surface area contributed by atoms with Crippen LogP contribution in [0.5, 0.6) is 11.6 Å². The van der Waals surface area contributed by atoms with E-state index in [9.17, 15) is 23.3 Å². The van der Waals surface area contributed by atoms with Gasteiger partial charge in [0.25, 0.3) is 11.6 Å². The maximum Gasteiger partial charge on any atom is 0.272 e. The number of rotatable bonds is 11. The zero-order chi connectivity index (χ0) is 27.3. The van der Waals surface area contributed by atoms with E-state index in [1.165, 1.54) is 10.7 Å². The summed E-state index contributed by atoms with van der Waals surface area (Å²) in [6, 6.07) is 9.87. The molecule has 0 radical (unpaired) electrons. The lowest BCUT2D eigenvalue weighted by Gasteiger charge is -2.15. The molecule has 3 rings (SSSR count). The Morgan fingerprint density at radius 2 is 1.89 bits per heavy atom. The molecule has 37 heavy (non-hydrogen) atoms. The number of carbonyl (C=O) groups excluding carboxylic acids is 1. The number of nitrogens with one attached hydrogen (secondary N) is 2. The number of amides is 1. The number of halogens is 1. The molecule has 1 aromatic heterocycles. The molecule has 0 bridgehead atoms. The Hall–Kier alpha value is -3.48. The van der Waals surface area contributed by atoms with E-state index in [1.54, 1.807) is 31.2 Å². The maximum absolute atomic E-state index is 13.1. The van der Waals surface area contributed by atoms with E-state index < -0.39 is 31.4 Å². The number of hydrogen-bond donors (Lipinski definition) is 2. The maximum atomic E-state index is 13.1. The van der Waals surface area contributed by atoms with Crippen LogP contribution in [0.1, 0.15) is 43.2 Å². The summed E-state index contributed by atoms with van der Waals surface area (Å²) >= 11 is 6.02. The topological polar surface area (TPSA) is 145 Å². The largest absolute Gasteiger partial charge is 0.437 e. The third-order valence-electron chi connectivity index (χ3n) is 5.21. The highest BCUT2D eigenvalue weighted by atomic mass is 35.5. The summed E-state index contributed by atoms with van der Waals surface area (Å²) in [6.07, 6.45) is 0.722. The van der Waals surface area contributed by atoms with E-state index in [-0.39, 0.29) is 29.8 Å². The van der Waals surface area contributed by atoms with Gasteiger partial charge in [0.1, 0.15) is 10.6 Å². The fourth-order valence-electron chi connectivity index (χ4n) is 3.26. The third kappa shape index (κ3) is 6.64. The monoisotopic (exact) mass is 549 g/mol. The van der Waals surface area contributed by atoms with Gasteiger partial charge in [-0.05, 0) is 49.6 Å². The lowest BCUT2D eigenvalue weighted by Crippen LogP contribution is -2.28. The van der Waals surface area contributed by atoms with Gasteiger partial charge in [0.05, 0.1) is 10.6 Å². The number of nitro groups is 1. The van der Waals surface area contributed by atoms with Crippen LogP contribution in [0.4, 0.5) is 5.69 Å². The van der Waals surface area contributed by atoms with Crippen molar-refractivity contribution in [3.63, 3.8) is 0 Å². The van der Waals surface area contributed by atoms with Gasteiger partial charge in [-0.15, -0.1) is 0 Å². The molecule has 3 aromatic rings. The molecule has 198 valence electrons. The zero-order valence-electron chi connectivity index (χ0n) is 20.8. The molecule has 1 amide bonds. The molecule has 0 fully saturated rings. The highest BCUT2D eigenvalue weighted by Crippen LogP contribution is 2.35. The van der Waals surface area contributed by atoms with Gasteiger partial charge in [0.15, 0.2) is 5.69 Å². The molecular weight excluding hydrogens is 522 g/mol. The van der Waals surface area contributed by atoms with Crippen LogP contribution in [0.2, 0.25) is 5.02 Å².